The van der Waals surface area contributed by atoms with Crippen molar-refractivity contribution in [3.05, 3.63) is 29.8 Å². The van der Waals surface area contributed by atoms with Crippen molar-refractivity contribution in [1.82, 2.24) is 0 Å². The number of rotatable bonds is 2. The number of benzene rings is 1. The van der Waals surface area contributed by atoms with Gasteiger partial charge in [-0.05, 0) is 12.1 Å². The summed E-state index contributed by atoms with van der Waals surface area (Å²) in [5.41, 5.74) is 0.684. The number of hydrogen-bond acceptors (Lipinski definition) is 3. The van der Waals surface area contributed by atoms with E-state index in [2.05, 4.69) is 12.6 Å². The van der Waals surface area contributed by atoms with E-state index < -0.39 is 0 Å². The van der Waals surface area contributed by atoms with Gasteiger partial charge >= 0.3 is 0 Å². The Bertz CT molecular complexity index is 316. The van der Waals surface area contributed by atoms with Crippen LogP contribution in [0.1, 0.15) is 12.5 Å². The quantitative estimate of drug-likeness (QED) is 0.528. The van der Waals surface area contributed by atoms with Gasteiger partial charge in [-0.2, -0.15) is 0 Å². The van der Waals surface area contributed by atoms with Crippen LogP contribution in [0.15, 0.2) is 29.2 Å². The van der Waals surface area contributed by atoms with E-state index in [0.29, 0.717) is 5.56 Å². The van der Waals surface area contributed by atoms with Crippen molar-refractivity contribution in [3.63, 3.8) is 0 Å². The largest absolute Gasteiger partial charge is 0.297 e. The summed E-state index contributed by atoms with van der Waals surface area (Å²) in [7, 11) is 0. The van der Waals surface area contributed by atoms with Crippen LogP contribution >= 0.6 is 12.6 Å². The molecule has 0 amide bonds. The van der Waals surface area contributed by atoms with Crippen LogP contribution in [0.25, 0.3) is 0 Å². The van der Waals surface area contributed by atoms with E-state index in [9.17, 15) is 4.79 Å². The molecule has 1 aromatic carbocycles. The zero-order valence-corrected chi connectivity index (χ0v) is 7.56. The molecule has 0 saturated heterocycles. The second-order valence-corrected chi connectivity index (χ2v) is 2.99. The van der Waals surface area contributed by atoms with Gasteiger partial charge in [0.15, 0.2) is 5.78 Å². The van der Waals surface area contributed by atoms with Crippen molar-refractivity contribution in [3.8, 4) is 0 Å². The van der Waals surface area contributed by atoms with Crippen molar-refractivity contribution in [2.45, 2.75) is 11.8 Å². The maximum Gasteiger partial charge on any atom is 0.177 e. The molecule has 0 aliphatic carbocycles. The maximum absolute atomic E-state index is 10.8. The fraction of sp³-hybridized carbons (Fsp3) is 0.111. The molecule has 0 radical (unpaired) electrons. The molecule has 62 valence electrons. The Kier molecular flexibility index (Phi) is 2.65. The highest BCUT2D eigenvalue weighted by Gasteiger charge is 2.04. The molecule has 0 spiro atoms. The maximum atomic E-state index is 10.8. The first-order chi connectivity index (χ1) is 5.61. The van der Waals surface area contributed by atoms with Crippen molar-refractivity contribution in [2.24, 2.45) is 0 Å². The van der Waals surface area contributed by atoms with E-state index in [0.717, 1.165) is 4.90 Å². The Labute approximate surface area is 76.5 Å². The van der Waals surface area contributed by atoms with E-state index in [1.807, 2.05) is 0 Å². The summed E-state index contributed by atoms with van der Waals surface area (Å²) >= 11 is 4.10. The fourth-order valence-electron chi connectivity index (χ4n) is 0.831. The van der Waals surface area contributed by atoms with E-state index >= 15 is 0 Å². The van der Waals surface area contributed by atoms with Crippen LogP contribution < -0.4 is 0 Å². The SMILES string of the molecule is CC(=O)C(=N)c1ccc(S)cc1. The molecule has 1 rings (SSSR count). The summed E-state index contributed by atoms with van der Waals surface area (Å²) < 4.78 is 0. The lowest BCUT2D eigenvalue weighted by Crippen LogP contribution is -2.09. The minimum absolute atomic E-state index is 0.0448. The summed E-state index contributed by atoms with van der Waals surface area (Å²) in [5, 5.41) is 7.38. The molecule has 0 aliphatic rings. The number of Topliss-reactive ketones (excluding diaryl/α,β-unsaturated/α-hetero) is 1. The third-order valence-corrected chi connectivity index (χ3v) is 1.81. The molecule has 0 fully saturated rings. The molecular formula is C9H9NOS. The Morgan fingerprint density at radius 3 is 2.25 bits per heavy atom. The highest BCUT2D eigenvalue weighted by Crippen LogP contribution is 2.08. The molecule has 0 unspecified atom stereocenters. The Balaban J connectivity index is 2.98. The summed E-state index contributed by atoms with van der Waals surface area (Å²) in [4.78, 5) is 11.6. The van der Waals surface area contributed by atoms with E-state index in [4.69, 9.17) is 5.41 Å². The van der Waals surface area contributed by atoms with Gasteiger partial charge in [0, 0.05) is 17.4 Å². The van der Waals surface area contributed by atoms with Crippen LogP contribution in [0.5, 0.6) is 0 Å². The first kappa shape index (κ1) is 9.00. The van der Waals surface area contributed by atoms with Gasteiger partial charge in [-0.3, -0.25) is 10.2 Å². The molecule has 0 heterocycles. The van der Waals surface area contributed by atoms with Crippen LogP contribution in [0.4, 0.5) is 0 Å². The monoisotopic (exact) mass is 179 g/mol. The normalized spacial score (nSPS) is 9.50. The molecule has 0 atom stereocenters. The first-order valence-corrected chi connectivity index (χ1v) is 3.95. The molecule has 3 heteroatoms. The Hall–Kier alpha value is -1.09. The highest BCUT2D eigenvalue weighted by atomic mass is 32.1. The fourth-order valence-corrected chi connectivity index (χ4v) is 0.980. The number of ketones is 1. The smallest absolute Gasteiger partial charge is 0.177 e. The van der Waals surface area contributed by atoms with Crippen molar-refractivity contribution in [2.75, 3.05) is 0 Å². The molecule has 12 heavy (non-hydrogen) atoms. The Morgan fingerprint density at radius 1 is 1.33 bits per heavy atom. The summed E-state index contributed by atoms with van der Waals surface area (Å²) in [5.74, 6) is -0.220. The second kappa shape index (κ2) is 3.54. The minimum Gasteiger partial charge on any atom is -0.297 e. The number of nitrogens with one attached hydrogen (secondary N) is 1. The molecule has 0 aromatic heterocycles. The second-order valence-electron chi connectivity index (χ2n) is 2.48. The van der Waals surface area contributed by atoms with Crippen molar-refractivity contribution in [1.29, 1.82) is 5.41 Å². The summed E-state index contributed by atoms with van der Waals surface area (Å²) in [6.45, 7) is 1.39. The van der Waals surface area contributed by atoms with Gasteiger partial charge in [0.2, 0.25) is 0 Å². The third kappa shape index (κ3) is 1.95. The topological polar surface area (TPSA) is 40.9 Å². The predicted molar refractivity (Wildman–Crippen MR) is 51.2 cm³/mol. The van der Waals surface area contributed by atoms with Crippen LogP contribution in [-0.2, 0) is 4.79 Å². The molecule has 1 aromatic rings. The van der Waals surface area contributed by atoms with Crippen LogP contribution in [0, 0.1) is 5.41 Å². The lowest BCUT2D eigenvalue weighted by atomic mass is 10.1. The molecule has 1 N–H and O–H groups in total. The number of hydrogen-bond donors (Lipinski definition) is 2. The average Bonchev–Trinajstić information content (AvgIpc) is 2.04. The van der Waals surface area contributed by atoms with E-state index in [1.54, 1.807) is 24.3 Å². The highest BCUT2D eigenvalue weighted by molar-refractivity contribution is 7.80. The zero-order valence-electron chi connectivity index (χ0n) is 6.66. The summed E-state index contributed by atoms with van der Waals surface area (Å²) in [6, 6.07) is 6.95. The summed E-state index contributed by atoms with van der Waals surface area (Å²) in [6.07, 6.45) is 0. The Morgan fingerprint density at radius 2 is 1.83 bits per heavy atom. The third-order valence-electron chi connectivity index (χ3n) is 1.51. The molecule has 0 aliphatic heterocycles. The standard InChI is InChI=1S/C9H9NOS/c1-6(11)9(10)7-2-4-8(12)5-3-7/h2-5,10,12H,1H3. The van der Waals surface area contributed by atoms with Gasteiger partial charge in [-0.1, -0.05) is 12.1 Å². The van der Waals surface area contributed by atoms with Gasteiger partial charge < -0.3 is 0 Å². The molecule has 2 nitrogen and oxygen atoms in total. The van der Waals surface area contributed by atoms with Crippen molar-refractivity contribution < 1.29 is 4.79 Å². The van der Waals surface area contributed by atoms with Gasteiger partial charge in [0.1, 0.15) is 5.71 Å². The van der Waals surface area contributed by atoms with Gasteiger partial charge in [-0.15, -0.1) is 12.6 Å². The van der Waals surface area contributed by atoms with E-state index in [-0.39, 0.29) is 11.5 Å². The first-order valence-electron chi connectivity index (χ1n) is 3.50. The van der Waals surface area contributed by atoms with E-state index in [1.165, 1.54) is 6.92 Å². The van der Waals surface area contributed by atoms with Crippen LogP contribution in [-0.4, -0.2) is 11.5 Å². The van der Waals surface area contributed by atoms with Gasteiger partial charge in [0.05, 0.1) is 0 Å². The van der Waals surface area contributed by atoms with Gasteiger partial charge in [0.25, 0.3) is 0 Å². The number of thiol groups is 1. The average molecular weight is 179 g/mol. The minimum atomic E-state index is -0.220. The zero-order chi connectivity index (χ0) is 9.14. The van der Waals surface area contributed by atoms with Crippen LogP contribution in [0.3, 0.4) is 0 Å². The molecule has 0 saturated carbocycles. The van der Waals surface area contributed by atoms with Crippen LogP contribution in [0.2, 0.25) is 0 Å². The van der Waals surface area contributed by atoms with Crippen molar-refractivity contribution >= 4 is 24.1 Å². The van der Waals surface area contributed by atoms with Gasteiger partial charge in [-0.25, -0.2) is 0 Å². The number of carbonyl (C=O) groups is 1. The molecule has 0 bridgehead atoms. The lowest BCUT2D eigenvalue weighted by molar-refractivity contribution is -0.111. The lowest BCUT2D eigenvalue weighted by Gasteiger charge is -1.98. The number of carbonyl (C=O) groups excluding carboxylic acids is 1. The predicted octanol–water partition coefficient (Wildman–Crippen LogP) is 1.93. The molecular weight excluding hydrogens is 170 g/mol.